The zero-order valence-electron chi connectivity index (χ0n) is 8.87. The first-order chi connectivity index (χ1) is 7.36. The van der Waals surface area contributed by atoms with Crippen LogP contribution in [0.1, 0.15) is 41.8 Å². The summed E-state index contributed by atoms with van der Waals surface area (Å²) in [7, 11) is 0. The molecule has 0 aromatic carbocycles. The van der Waals surface area contributed by atoms with Gasteiger partial charge in [-0.1, -0.05) is 18.9 Å². The molecule has 2 nitrogen and oxygen atoms in total. The van der Waals surface area contributed by atoms with Gasteiger partial charge in [0.05, 0.1) is 4.88 Å². The van der Waals surface area contributed by atoms with Gasteiger partial charge < -0.3 is 5.32 Å². The minimum absolute atomic E-state index is 0.296. The van der Waals surface area contributed by atoms with Crippen molar-refractivity contribution in [3.8, 4) is 0 Å². The Bertz CT molecular complexity index is 299. The number of carbonyl (C=O) groups is 1. The van der Waals surface area contributed by atoms with Crippen molar-refractivity contribution in [2.75, 3.05) is 6.54 Å². The number of hydrogen-bond donors (Lipinski definition) is 1. The van der Waals surface area contributed by atoms with E-state index in [-0.39, 0.29) is 0 Å². The van der Waals surface area contributed by atoms with E-state index in [9.17, 15) is 4.79 Å². The molecule has 1 fully saturated rings. The van der Waals surface area contributed by atoms with E-state index in [4.69, 9.17) is 0 Å². The molecule has 0 spiro atoms. The lowest BCUT2D eigenvalue weighted by Gasteiger charge is -2.13. The molecule has 0 aliphatic carbocycles. The monoisotopic (exact) mass is 223 g/mol. The number of rotatable bonds is 3. The first kappa shape index (κ1) is 10.8. The normalized spacial score (nSPS) is 22.3. The molecule has 1 N–H and O–H groups in total. The van der Waals surface area contributed by atoms with Gasteiger partial charge in [0.2, 0.25) is 0 Å². The van der Waals surface area contributed by atoms with Crippen molar-refractivity contribution in [1.82, 2.24) is 5.32 Å². The quantitative estimate of drug-likeness (QED) is 0.798. The van der Waals surface area contributed by atoms with E-state index >= 15 is 0 Å². The van der Waals surface area contributed by atoms with Crippen molar-refractivity contribution in [1.29, 1.82) is 0 Å². The van der Waals surface area contributed by atoms with Gasteiger partial charge in [-0.25, -0.2) is 0 Å². The molecule has 0 unspecified atom stereocenters. The number of carbonyl (C=O) groups excluding carboxylic acids is 1. The van der Waals surface area contributed by atoms with E-state index in [1.807, 2.05) is 17.5 Å². The molecule has 0 bridgehead atoms. The van der Waals surface area contributed by atoms with E-state index in [1.54, 1.807) is 11.3 Å². The molecule has 1 atom stereocenters. The summed E-state index contributed by atoms with van der Waals surface area (Å²) in [6, 6.07) is 4.27. The van der Waals surface area contributed by atoms with E-state index in [1.165, 1.54) is 19.3 Å². The highest BCUT2D eigenvalue weighted by molar-refractivity contribution is 7.12. The molecule has 1 aliphatic rings. The molecule has 2 heterocycles. The maximum Gasteiger partial charge on any atom is 0.174 e. The van der Waals surface area contributed by atoms with E-state index in [2.05, 4.69) is 5.32 Å². The smallest absolute Gasteiger partial charge is 0.174 e. The third kappa shape index (κ3) is 3.14. The Kier molecular flexibility index (Phi) is 3.92. The lowest BCUT2D eigenvalue weighted by Crippen LogP contribution is -2.30. The standard InChI is InChI=1S/C12H17NOS/c14-11(12-6-4-8-15-12)9-10-5-2-1-3-7-13-10/h4,6,8,10,13H,1-3,5,7,9H2/t10-/m0/s1. The number of hydrogen-bond acceptors (Lipinski definition) is 3. The predicted molar refractivity (Wildman–Crippen MR) is 63.5 cm³/mol. The van der Waals surface area contributed by atoms with Crippen molar-refractivity contribution in [3.05, 3.63) is 22.4 Å². The van der Waals surface area contributed by atoms with Crippen LogP contribution >= 0.6 is 11.3 Å². The van der Waals surface area contributed by atoms with Crippen LogP contribution in [0.25, 0.3) is 0 Å². The van der Waals surface area contributed by atoms with Crippen LogP contribution in [0, 0.1) is 0 Å². The van der Waals surface area contributed by atoms with Crippen LogP contribution in [0.4, 0.5) is 0 Å². The third-order valence-electron chi connectivity index (χ3n) is 2.89. The van der Waals surface area contributed by atoms with Gasteiger partial charge in [0.1, 0.15) is 0 Å². The largest absolute Gasteiger partial charge is 0.314 e. The van der Waals surface area contributed by atoms with Crippen LogP contribution in [-0.2, 0) is 0 Å². The summed E-state index contributed by atoms with van der Waals surface area (Å²) in [4.78, 5) is 12.8. The Labute approximate surface area is 94.7 Å². The minimum atomic E-state index is 0.296. The zero-order chi connectivity index (χ0) is 10.5. The van der Waals surface area contributed by atoms with Crippen LogP contribution in [0.15, 0.2) is 17.5 Å². The molecule has 3 heteroatoms. The van der Waals surface area contributed by atoms with Gasteiger partial charge in [-0.15, -0.1) is 11.3 Å². The van der Waals surface area contributed by atoms with Crippen molar-refractivity contribution >= 4 is 17.1 Å². The molecular weight excluding hydrogens is 206 g/mol. The molecular formula is C12H17NOS. The zero-order valence-corrected chi connectivity index (χ0v) is 9.69. The Morgan fingerprint density at radius 2 is 2.40 bits per heavy atom. The molecule has 0 saturated carbocycles. The Balaban J connectivity index is 1.87. The number of ketones is 1. The first-order valence-corrected chi connectivity index (χ1v) is 6.54. The third-order valence-corrected chi connectivity index (χ3v) is 3.80. The Hall–Kier alpha value is -0.670. The summed E-state index contributed by atoms with van der Waals surface area (Å²) in [5.41, 5.74) is 0. The molecule has 2 rings (SSSR count). The first-order valence-electron chi connectivity index (χ1n) is 5.66. The maximum absolute atomic E-state index is 11.9. The fourth-order valence-electron chi connectivity index (χ4n) is 2.04. The van der Waals surface area contributed by atoms with Gasteiger partial charge in [0.15, 0.2) is 5.78 Å². The van der Waals surface area contributed by atoms with Gasteiger partial charge in [-0.2, -0.15) is 0 Å². The van der Waals surface area contributed by atoms with E-state index < -0.39 is 0 Å². The minimum Gasteiger partial charge on any atom is -0.314 e. The van der Waals surface area contributed by atoms with Crippen molar-refractivity contribution in [2.45, 2.75) is 38.1 Å². The van der Waals surface area contributed by atoms with Crippen molar-refractivity contribution in [3.63, 3.8) is 0 Å². The SMILES string of the molecule is O=C(C[C@@H]1CCCCCN1)c1cccs1. The fraction of sp³-hybridized carbons (Fsp3) is 0.583. The number of thiophene rings is 1. The van der Waals surface area contributed by atoms with E-state index in [0.717, 1.165) is 17.8 Å². The summed E-state index contributed by atoms with van der Waals surface area (Å²) in [6.45, 7) is 1.07. The fourth-order valence-corrected chi connectivity index (χ4v) is 2.71. The number of Topliss-reactive ketones (excluding diaryl/α,β-unsaturated/α-hetero) is 1. The van der Waals surface area contributed by atoms with Crippen LogP contribution in [0.3, 0.4) is 0 Å². The summed E-state index contributed by atoms with van der Waals surface area (Å²) in [6.07, 6.45) is 5.63. The van der Waals surface area contributed by atoms with Gasteiger partial charge in [0, 0.05) is 12.5 Å². The lowest BCUT2D eigenvalue weighted by atomic mass is 10.0. The highest BCUT2D eigenvalue weighted by Crippen LogP contribution is 2.16. The Morgan fingerprint density at radius 3 is 3.20 bits per heavy atom. The molecule has 1 saturated heterocycles. The van der Waals surface area contributed by atoms with Gasteiger partial charge in [-0.05, 0) is 30.8 Å². The van der Waals surface area contributed by atoms with Crippen LogP contribution in [-0.4, -0.2) is 18.4 Å². The van der Waals surface area contributed by atoms with Crippen LogP contribution in [0.5, 0.6) is 0 Å². The summed E-state index contributed by atoms with van der Waals surface area (Å²) < 4.78 is 0. The predicted octanol–water partition coefficient (Wildman–Crippen LogP) is 2.85. The van der Waals surface area contributed by atoms with E-state index in [0.29, 0.717) is 18.2 Å². The van der Waals surface area contributed by atoms with Gasteiger partial charge in [-0.3, -0.25) is 4.79 Å². The second-order valence-electron chi connectivity index (χ2n) is 4.10. The number of nitrogens with one attached hydrogen (secondary N) is 1. The van der Waals surface area contributed by atoms with Crippen molar-refractivity contribution in [2.24, 2.45) is 0 Å². The summed E-state index contributed by atoms with van der Waals surface area (Å²) in [5, 5.41) is 5.42. The molecule has 0 radical (unpaired) electrons. The lowest BCUT2D eigenvalue weighted by molar-refractivity contribution is 0.0972. The summed E-state index contributed by atoms with van der Waals surface area (Å²) in [5.74, 6) is 0.296. The topological polar surface area (TPSA) is 29.1 Å². The van der Waals surface area contributed by atoms with Crippen LogP contribution in [0.2, 0.25) is 0 Å². The highest BCUT2D eigenvalue weighted by atomic mass is 32.1. The molecule has 15 heavy (non-hydrogen) atoms. The molecule has 1 aromatic rings. The average molecular weight is 223 g/mol. The Morgan fingerprint density at radius 1 is 1.47 bits per heavy atom. The maximum atomic E-state index is 11.9. The second-order valence-corrected chi connectivity index (χ2v) is 5.05. The average Bonchev–Trinajstić information content (AvgIpc) is 2.65. The highest BCUT2D eigenvalue weighted by Gasteiger charge is 2.16. The summed E-state index contributed by atoms with van der Waals surface area (Å²) >= 11 is 1.55. The molecule has 0 amide bonds. The van der Waals surface area contributed by atoms with Crippen molar-refractivity contribution < 1.29 is 4.79 Å². The van der Waals surface area contributed by atoms with Crippen LogP contribution < -0.4 is 5.32 Å². The molecule has 1 aliphatic heterocycles. The van der Waals surface area contributed by atoms with Gasteiger partial charge >= 0.3 is 0 Å². The van der Waals surface area contributed by atoms with Gasteiger partial charge in [0.25, 0.3) is 0 Å². The molecule has 1 aromatic heterocycles. The molecule has 82 valence electrons. The second kappa shape index (κ2) is 5.42.